The zero-order chi connectivity index (χ0) is 16.9. The molecular weight excluding hydrogens is 322 g/mol. The van der Waals surface area contributed by atoms with E-state index in [0.29, 0.717) is 0 Å². The van der Waals surface area contributed by atoms with Crippen LogP contribution in [0.4, 0.5) is 5.69 Å². The number of anilines is 1. The number of carbonyl (C=O) groups excluding carboxylic acids is 1. The monoisotopic (exact) mass is 345 g/mol. The molecule has 0 unspecified atom stereocenters. The summed E-state index contributed by atoms with van der Waals surface area (Å²) in [7, 11) is 1.63. The maximum atomic E-state index is 12.6. The van der Waals surface area contributed by atoms with Crippen LogP contribution in [0.5, 0.6) is 5.75 Å². The lowest BCUT2D eigenvalue weighted by Crippen LogP contribution is -2.39. The first-order valence-electron chi connectivity index (χ1n) is 8.32. The maximum absolute atomic E-state index is 12.6. The van der Waals surface area contributed by atoms with Crippen LogP contribution in [0.25, 0.3) is 0 Å². The van der Waals surface area contributed by atoms with Gasteiger partial charge >= 0.3 is 0 Å². The predicted molar refractivity (Wildman–Crippen MR) is 96.5 cm³/mol. The van der Waals surface area contributed by atoms with E-state index in [4.69, 9.17) is 4.74 Å². The van der Waals surface area contributed by atoms with Gasteiger partial charge in [-0.25, -0.2) is 4.98 Å². The second-order valence-corrected chi connectivity index (χ2v) is 6.88. The number of amides is 1. The molecule has 0 bridgehead atoms. The first-order chi connectivity index (χ1) is 11.7. The SMILES string of the molecule is CCc1nc(CN2CCC[C@@H]2C(=O)Nc2ccc(OC)cc2)cs1. The molecule has 1 aliphatic heterocycles. The van der Waals surface area contributed by atoms with E-state index in [1.54, 1.807) is 18.4 Å². The lowest BCUT2D eigenvalue weighted by molar-refractivity contribution is -0.120. The summed E-state index contributed by atoms with van der Waals surface area (Å²) in [6.07, 6.45) is 2.91. The number of nitrogens with zero attached hydrogens (tertiary/aromatic N) is 2. The third kappa shape index (κ3) is 3.94. The lowest BCUT2D eigenvalue weighted by atomic mass is 10.2. The van der Waals surface area contributed by atoms with Crippen LogP contribution < -0.4 is 10.1 Å². The van der Waals surface area contributed by atoms with Crippen LogP contribution >= 0.6 is 11.3 Å². The Morgan fingerprint density at radius 2 is 2.21 bits per heavy atom. The van der Waals surface area contributed by atoms with E-state index in [1.807, 2.05) is 24.3 Å². The number of rotatable bonds is 6. The van der Waals surface area contributed by atoms with Crippen molar-refractivity contribution in [2.75, 3.05) is 19.0 Å². The largest absolute Gasteiger partial charge is 0.497 e. The number of carbonyl (C=O) groups is 1. The number of methoxy groups -OCH3 is 1. The van der Waals surface area contributed by atoms with Crippen LogP contribution in [0, 0.1) is 0 Å². The molecule has 0 spiro atoms. The summed E-state index contributed by atoms with van der Waals surface area (Å²) in [5, 5.41) is 6.28. The standard InChI is InChI=1S/C18H23N3O2S/c1-3-17-19-14(12-24-17)11-21-10-4-5-16(21)18(22)20-13-6-8-15(23-2)9-7-13/h6-9,12,16H,3-5,10-11H2,1-2H3,(H,20,22)/t16-/m1/s1. The van der Waals surface area contributed by atoms with Crippen molar-refractivity contribution in [1.29, 1.82) is 0 Å². The van der Waals surface area contributed by atoms with E-state index in [-0.39, 0.29) is 11.9 Å². The molecule has 2 aromatic rings. The molecular formula is C18H23N3O2S. The van der Waals surface area contributed by atoms with E-state index >= 15 is 0 Å². The molecule has 24 heavy (non-hydrogen) atoms. The van der Waals surface area contributed by atoms with Crippen molar-refractivity contribution in [3.63, 3.8) is 0 Å². The smallest absolute Gasteiger partial charge is 0.241 e. The van der Waals surface area contributed by atoms with Crippen LogP contribution in [0.2, 0.25) is 0 Å². The second-order valence-electron chi connectivity index (χ2n) is 5.93. The van der Waals surface area contributed by atoms with Crippen molar-refractivity contribution in [3.8, 4) is 5.75 Å². The van der Waals surface area contributed by atoms with Crippen LogP contribution in [0.15, 0.2) is 29.6 Å². The van der Waals surface area contributed by atoms with Gasteiger partial charge in [0.15, 0.2) is 0 Å². The number of aryl methyl sites for hydroxylation is 1. The topological polar surface area (TPSA) is 54.5 Å². The molecule has 1 aliphatic rings. The minimum Gasteiger partial charge on any atom is -0.497 e. The quantitative estimate of drug-likeness (QED) is 0.873. The van der Waals surface area contributed by atoms with Crippen molar-refractivity contribution in [2.24, 2.45) is 0 Å². The normalized spacial score (nSPS) is 17.8. The highest BCUT2D eigenvalue weighted by molar-refractivity contribution is 7.09. The summed E-state index contributed by atoms with van der Waals surface area (Å²) in [5.41, 5.74) is 1.87. The van der Waals surface area contributed by atoms with Gasteiger partial charge < -0.3 is 10.1 Å². The highest BCUT2D eigenvalue weighted by Crippen LogP contribution is 2.23. The summed E-state index contributed by atoms with van der Waals surface area (Å²) >= 11 is 1.70. The highest BCUT2D eigenvalue weighted by atomic mass is 32.1. The summed E-state index contributed by atoms with van der Waals surface area (Å²) in [4.78, 5) is 19.5. The molecule has 1 amide bonds. The summed E-state index contributed by atoms with van der Waals surface area (Å²) in [5.74, 6) is 0.842. The predicted octanol–water partition coefficient (Wildman–Crippen LogP) is 3.32. The number of hydrogen-bond donors (Lipinski definition) is 1. The molecule has 2 heterocycles. The molecule has 6 heteroatoms. The fourth-order valence-electron chi connectivity index (χ4n) is 3.00. The Hall–Kier alpha value is -1.92. The third-order valence-corrected chi connectivity index (χ3v) is 5.33. The van der Waals surface area contributed by atoms with Gasteiger partial charge in [-0.2, -0.15) is 0 Å². The minimum atomic E-state index is -0.0844. The van der Waals surface area contributed by atoms with E-state index in [2.05, 4.69) is 27.5 Å². The molecule has 0 radical (unpaired) electrons. The van der Waals surface area contributed by atoms with Crippen molar-refractivity contribution >= 4 is 22.9 Å². The Kier molecular flexibility index (Phi) is 5.48. The molecule has 0 saturated carbocycles. The summed E-state index contributed by atoms with van der Waals surface area (Å²) in [6.45, 7) is 3.81. The molecule has 3 rings (SSSR count). The summed E-state index contributed by atoms with van der Waals surface area (Å²) < 4.78 is 5.14. The van der Waals surface area contributed by atoms with E-state index in [0.717, 1.165) is 54.5 Å². The second kappa shape index (κ2) is 7.77. The van der Waals surface area contributed by atoms with Gasteiger partial charge in [-0.1, -0.05) is 6.92 Å². The van der Waals surface area contributed by atoms with Gasteiger partial charge in [0, 0.05) is 17.6 Å². The van der Waals surface area contributed by atoms with E-state index in [9.17, 15) is 4.79 Å². The van der Waals surface area contributed by atoms with Crippen LogP contribution in [-0.4, -0.2) is 35.5 Å². The average molecular weight is 345 g/mol. The van der Waals surface area contributed by atoms with Gasteiger partial charge in [0.2, 0.25) is 5.91 Å². The lowest BCUT2D eigenvalue weighted by Gasteiger charge is -2.22. The minimum absolute atomic E-state index is 0.0589. The number of thiazole rings is 1. The van der Waals surface area contributed by atoms with Gasteiger partial charge in [0.05, 0.1) is 23.9 Å². The number of aromatic nitrogens is 1. The first-order valence-corrected chi connectivity index (χ1v) is 9.20. The van der Waals surface area contributed by atoms with Crippen LogP contribution in [0.3, 0.4) is 0 Å². The Bertz CT molecular complexity index is 684. The van der Waals surface area contributed by atoms with E-state index in [1.165, 1.54) is 0 Å². The fraction of sp³-hybridized carbons (Fsp3) is 0.444. The first kappa shape index (κ1) is 16.9. The molecule has 1 atom stereocenters. The van der Waals surface area contributed by atoms with Gasteiger partial charge in [0.25, 0.3) is 0 Å². The molecule has 1 N–H and O–H groups in total. The molecule has 1 aromatic heterocycles. The third-order valence-electron chi connectivity index (χ3n) is 4.29. The molecule has 0 aliphatic carbocycles. The van der Waals surface area contributed by atoms with Crippen LogP contribution in [-0.2, 0) is 17.8 Å². The van der Waals surface area contributed by atoms with E-state index < -0.39 is 0 Å². The average Bonchev–Trinajstić information content (AvgIpc) is 3.25. The highest BCUT2D eigenvalue weighted by Gasteiger charge is 2.31. The molecule has 128 valence electrons. The van der Waals surface area contributed by atoms with Crippen molar-refractivity contribution in [1.82, 2.24) is 9.88 Å². The molecule has 5 nitrogen and oxygen atoms in total. The number of likely N-dealkylation sites (tertiary alicyclic amines) is 1. The van der Waals surface area contributed by atoms with Gasteiger partial charge in [0.1, 0.15) is 5.75 Å². The molecule has 1 aromatic carbocycles. The van der Waals surface area contributed by atoms with Crippen molar-refractivity contribution in [3.05, 3.63) is 40.3 Å². The number of nitrogens with one attached hydrogen (secondary N) is 1. The fourth-order valence-corrected chi connectivity index (χ4v) is 3.74. The van der Waals surface area contributed by atoms with Gasteiger partial charge in [-0.15, -0.1) is 11.3 Å². The van der Waals surface area contributed by atoms with Crippen molar-refractivity contribution in [2.45, 2.75) is 38.8 Å². The Balaban J connectivity index is 1.62. The summed E-state index contributed by atoms with van der Waals surface area (Å²) in [6, 6.07) is 7.35. The number of hydrogen-bond acceptors (Lipinski definition) is 5. The zero-order valence-corrected chi connectivity index (χ0v) is 14.9. The Labute approximate surface area is 146 Å². The molecule has 1 fully saturated rings. The van der Waals surface area contributed by atoms with Crippen molar-refractivity contribution < 1.29 is 9.53 Å². The Morgan fingerprint density at radius 3 is 2.88 bits per heavy atom. The number of ether oxygens (including phenoxy) is 1. The maximum Gasteiger partial charge on any atom is 0.241 e. The van der Waals surface area contributed by atoms with Gasteiger partial charge in [-0.05, 0) is 50.1 Å². The number of benzene rings is 1. The zero-order valence-electron chi connectivity index (χ0n) is 14.1. The molecule has 1 saturated heterocycles. The van der Waals surface area contributed by atoms with Gasteiger partial charge in [-0.3, -0.25) is 9.69 Å². The Morgan fingerprint density at radius 1 is 1.42 bits per heavy atom. The van der Waals surface area contributed by atoms with Crippen LogP contribution in [0.1, 0.15) is 30.5 Å².